The Morgan fingerprint density at radius 1 is 1.42 bits per heavy atom. The smallest absolute Gasteiger partial charge is 0.355 e. The van der Waals surface area contributed by atoms with Gasteiger partial charge in [-0.05, 0) is 38.1 Å². The molecule has 1 heterocycles. The van der Waals surface area contributed by atoms with Gasteiger partial charge in [0, 0.05) is 23.2 Å². The van der Waals surface area contributed by atoms with E-state index in [1.165, 1.54) is 0 Å². The van der Waals surface area contributed by atoms with E-state index in [4.69, 9.17) is 15.2 Å². The Balaban J connectivity index is 2.08. The molecule has 0 saturated carbocycles. The molecule has 102 valence electrons. The Kier molecular flexibility index (Phi) is 4.06. The average Bonchev–Trinajstić information content (AvgIpc) is 2.79. The number of ether oxygens (including phenoxy) is 2. The summed E-state index contributed by atoms with van der Waals surface area (Å²) in [7, 11) is 0. The fourth-order valence-electron chi connectivity index (χ4n) is 1.83. The summed E-state index contributed by atoms with van der Waals surface area (Å²) in [6, 6.07) is 7.17. The molecule has 0 spiro atoms. The largest absolute Gasteiger partial charge is 0.456 e. The predicted octanol–water partition coefficient (Wildman–Crippen LogP) is 2.33. The van der Waals surface area contributed by atoms with Crippen LogP contribution in [0.5, 0.6) is 0 Å². The first-order valence-corrected chi connectivity index (χ1v) is 6.27. The van der Waals surface area contributed by atoms with Crippen molar-refractivity contribution in [1.29, 1.82) is 0 Å². The third-order valence-corrected chi connectivity index (χ3v) is 2.73. The van der Waals surface area contributed by atoms with Crippen LogP contribution in [-0.4, -0.2) is 30.3 Å². The quantitative estimate of drug-likeness (QED) is 0.640. The molecule has 2 rings (SSSR count). The number of aromatic nitrogens is 1. The molecule has 0 aliphatic heterocycles. The van der Waals surface area contributed by atoms with Crippen molar-refractivity contribution in [2.24, 2.45) is 0 Å². The van der Waals surface area contributed by atoms with Crippen molar-refractivity contribution in [1.82, 2.24) is 4.98 Å². The number of nitrogen functional groups attached to an aromatic ring is 1. The summed E-state index contributed by atoms with van der Waals surface area (Å²) in [5.41, 5.74) is 7.64. The standard InChI is InChI=1S/C14H18N2O3/c1-3-18-8-9(2)19-14(17)13-7-10-6-11(15)4-5-12(10)16-13/h4-7,9,16H,3,8,15H2,1-2H3. The van der Waals surface area contributed by atoms with Crippen molar-refractivity contribution in [3.8, 4) is 0 Å². The second kappa shape index (κ2) is 5.75. The summed E-state index contributed by atoms with van der Waals surface area (Å²) in [5.74, 6) is -0.387. The minimum atomic E-state index is -0.387. The van der Waals surface area contributed by atoms with Gasteiger partial charge < -0.3 is 20.2 Å². The molecule has 0 amide bonds. The highest BCUT2D eigenvalue weighted by Crippen LogP contribution is 2.19. The van der Waals surface area contributed by atoms with E-state index in [9.17, 15) is 4.79 Å². The minimum Gasteiger partial charge on any atom is -0.456 e. The van der Waals surface area contributed by atoms with Crippen LogP contribution in [-0.2, 0) is 9.47 Å². The summed E-state index contributed by atoms with van der Waals surface area (Å²) in [4.78, 5) is 14.9. The molecule has 0 fully saturated rings. The number of aromatic amines is 1. The number of rotatable bonds is 5. The van der Waals surface area contributed by atoms with E-state index in [0.717, 1.165) is 10.9 Å². The van der Waals surface area contributed by atoms with E-state index in [1.54, 1.807) is 19.1 Å². The third-order valence-electron chi connectivity index (χ3n) is 2.73. The summed E-state index contributed by atoms with van der Waals surface area (Å²) in [5, 5.41) is 0.893. The number of carbonyl (C=O) groups excluding carboxylic acids is 1. The van der Waals surface area contributed by atoms with Crippen LogP contribution in [0.15, 0.2) is 24.3 Å². The van der Waals surface area contributed by atoms with Crippen LogP contribution in [0.25, 0.3) is 10.9 Å². The Morgan fingerprint density at radius 3 is 2.95 bits per heavy atom. The van der Waals surface area contributed by atoms with Crippen LogP contribution in [0, 0.1) is 0 Å². The molecule has 1 aromatic carbocycles. The van der Waals surface area contributed by atoms with Gasteiger partial charge in [0.25, 0.3) is 0 Å². The zero-order valence-electron chi connectivity index (χ0n) is 11.1. The third kappa shape index (κ3) is 3.26. The zero-order chi connectivity index (χ0) is 13.8. The Morgan fingerprint density at radius 2 is 2.21 bits per heavy atom. The maximum atomic E-state index is 11.9. The molecule has 1 atom stereocenters. The van der Waals surface area contributed by atoms with Gasteiger partial charge >= 0.3 is 5.97 Å². The van der Waals surface area contributed by atoms with E-state index >= 15 is 0 Å². The number of hydrogen-bond donors (Lipinski definition) is 2. The van der Waals surface area contributed by atoms with E-state index in [2.05, 4.69) is 4.98 Å². The number of hydrogen-bond acceptors (Lipinski definition) is 4. The lowest BCUT2D eigenvalue weighted by atomic mass is 10.2. The first-order valence-electron chi connectivity index (χ1n) is 6.27. The normalized spacial score (nSPS) is 12.5. The summed E-state index contributed by atoms with van der Waals surface area (Å²) in [6.07, 6.45) is -0.274. The van der Waals surface area contributed by atoms with Gasteiger partial charge in [0.2, 0.25) is 0 Å². The second-order valence-electron chi connectivity index (χ2n) is 4.41. The van der Waals surface area contributed by atoms with Crippen molar-refractivity contribution in [3.05, 3.63) is 30.0 Å². The monoisotopic (exact) mass is 262 g/mol. The fraction of sp³-hybridized carbons (Fsp3) is 0.357. The molecule has 1 aromatic heterocycles. The molecular formula is C14H18N2O3. The van der Waals surface area contributed by atoms with Crippen molar-refractivity contribution in [2.45, 2.75) is 20.0 Å². The van der Waals surface area contributed by atoms with Gasteiger partial charge in [-0.2, -0.15) is 0 Å². The highest BCUT2D eigenvalue weighted by molar-refractivity contribution is 5.95. The Labute approximate surface area is 111 Å². The van der Waals surface area contributed by atoms with E-state index in [0.29, 0.717) is 24.6 Å². The zero-order valence-corrected chi connectivity index (χ0v) is 11.1. The lowest BCUT2D eigenvalue weighted by Crippen LogP contribution is -2.20. The highest BCUT2D eigenvalue weighted by atomic mass is 16.6. The Bertz CT molecular complexity index is 577. The number of H-pyrrole nitrogens is 1. The van der Waals surface area contributed by atoms with Gasteiger partial charge in [-0.3, -0.25) is 0 Å². The number of esters is 1. The van der Waals surface area contributed by atoms with Gasteiger partial charge in [-0.15, -0.1) is 0 Å². The van der Waals surface area contributed by atoms with Crippen LogP contribution in [0.3, 0.4) is 0 Å². The lowest BCUT2D eigenvalue weighted by Gasteiger charge is -2.11. The Hall–Kier alpha value is -2.01. The second-order valence-corrected chi connectivity index (χ2v) is 4.41. The van der Waals surface area contributed by atoms with Crippen LogP contribution in [0.2, 0.25) is 0 Å². The van der Waals surface area contributed by atoms with Crippen molar-refractivity contribution in [3.63, 3.8) is 0 Å². The van der Waals surface area contributed by atoms with Crippen LogP contribution < -0.4 is 5.73 Å². The fourth-order valence-corrected chi connectivity index (χ4v) is 1.83. The minimum absolute atomic E-state index is 0.274. The van der Waals surface area contributed by atoms with Crippen molar-refractivity contribution >= 4 is 22.6 Å². The molecule has 2 aromatic rings. The maximum Gasteiger partial charge on any atom is 0.355 e. The SMILES string of the molecule is CCOCC(C)OC(=O)c1cc2cc(N)ccc2[nH]1. The molecule has 3 N–H and O–H groups in total. The molecule has 19 heavy (non-hydrogen) atoms. The van der Waals surface area contributed by atoms with Crippen LogP contribution >= 0.6 is 0 Å². The molecule has 1 unspecified atom stereocenters. The van der Waals surface area contributed by atoms with Gasteiger partial charge in [0.1, 0.15) is 11.8 Å². The number of benzene rings is 1. The number of nitrogens with one attached hydrogen (secondary N) is 1. The molecule has 0 aliphatic carbocycles. The molecule has 0 saturated heterocycles. The van der Waals surface area contributed by atoms with Crippen LogP contribution in [0.4, 0.5) is 5.69 Å². The maximum absolute atomic E-state index is 11.9. The van der Waals surface area contributed by atoms with Gasteiger partial charge in [0.15, 0.2) is 0 Å². The topological polar surface area (TPSA) is 77.3 Å². The average molecular weight is 262 g/mol. The number of fused-ring (bicyclic) bond motifs is 1. The summed E-state index contributed by atoms with van der Waals surface area (Å²) >= 11 is 0. The molecule has 5 nitrogen and oxygen atoms in total. The molecule has 0 radical (unpaired) electrons. The highest BCUT2D eigenvalue weighted by Gasteiger charge is 2.14. The number of carbonyl (C=O) groups is 1. The van der Waals surface area contributed by atoms with E-state index < -0.39 is 0 Å². The summed E-state index contributed by atoms with van der Waals surface area (Å²) in [6.45, 7) is 4.70. The van der Waals surface area contributed by atoms with Crippen molar-refractivity contribution in [2.75, 3.05) is 18.9 Å². The molecule has 5 heteroatoms. The predicted molar refractivity (Wildman–Crippen MR) is 74.1 cm³/mol. The molecule has 0 aliphatic rings. The number of nitrogens with two attached hydrogens (primary N) is 1. The summed E-state index contributed by atoms with van der Waals surface area (Å²) < 4.78 is 10.5. The molecule has 0 bridgehead atoms. The van der Waals surface area contributed by atoms with Crippen molar-refractivity contribution < 1.29 is 14.3 Å². The van der Waals surface area contributed by atoms with E-state index in [-0.39, 0.29) is 12.1 Å². The first-order chi connectivity index (χ1) is 9.10. The van der Waals surface area contributed by atoms with Gasteiger partial charge in [0.05, 0.1) is 6.61 Å². The van der Waals surface area contributed by atoms with Gasteiger partial charge in [-0.25, -0.2) is 4.79 Å². The van der Waals surface area contributed by atoms with Crippen LogP contribution in [0.1, 0.15) is 24.3 Å². The lowest BCUT2D eigenvalue weighted by molar-refractivity contribution is 0.00396. The molecular weight excluding hydrogens is 244 g/mol. The first kappa shape index (κ1) is 13.4. The van der Waals surface area contributed by atoms with E-state index in [1.807, 2.05) is 19.1 Å². The van der Waals surface area contributed by atoms with Gasteiger partial charge in [-0.1, -0.05) is 0 Å². The number of anilines is 1.